The van der Waals surface area contributed by atoms with Crippen LogP contribution in [0, 0.1) is 17.2 Å². The van der Waals surface area contributed by atoms with Gasteiger partial charge in [0.1, 0.15) is 11.4 Å². The average Bonchev–Trinajstić information content (AvgIpc) is 3.28. The SMILES string of the molecule is Cn1c(C[C@H]2CCS(=O)(=O)C2)nnc1SCC(=O)NC1(C#N)CCCC1. The zero-order valence-corrected chi connectivity index (χ0v) is 16.4. The average molecular weight is 398 g/mol. The summed E-state index contributed by atoms with van der Waals surface area (Å²) in [6.07, 6.45) is 4.58. The second-order valence-electron chi connectivity index (χ2n) is 7.17. The fraction of sp³-hybridized carbons (Fsp3) is 0.750. The van der Waals surface area contributed by atoms with Crippen LogP contribution in [0.2, 0.25) is 0 Å². The number of carbonyl (C=O) groups excluding carboxylic acids is 1. The Labute approximate surface area is 157 Å². The van der Waals surface area contributed by atoms with Gasteiger partial charge in [-0.25, -0.2) is 8.42 Å². The molecule has 1 aliphatic heterocycles. The third-order valence-corrected chi connectivity index (χ3v) is 7.96. The van der Waals surface area contributed by atoms with Crippen LogP contribution in [0.15, 0.2) is 5.16 Å². The minimum absolute atomic E-state index is 0.0851. The number of thioether (sulfide) groups is 1. The van der Waals surface area contributed by atoms with Gasteiger partial charge in [0, 0.05) is 13.5 Å². The third-order valence-electron chi connectivity index (χ3n) is 5.11. The minimum Gasteiger partial charge on any atom is -0.337 e. The van der Waals surface area contributed by atoms with Gasteiger partial charge in [-0.1, -0.05) is 11.8 Å². The molecular weight excluding hydrogens is 374 g/mol. The maximum atomic E-state index is 12.2. The van der Waals surface area contributed by atoms with Crippen molar-refractivity contribution in [1.82, 2.24) is 20.1 Å². The molecule has 26 heavy (non-hydrogen) atoms. The van der Waals surface area contributed by atoms with Gasteiger partial charge in [-0.05, 0) is 38.0 Å². The van der Waals surface area contributed by atoms with Crippen LogP contribution < -0.4 is 5.32 Å². The van der Waals surface area contributed by atoms with Crippen LogP contribution >= 0.6 is 11.8 Å². The molecule has 1 aromatic heterocycles. The van der Waals surface area contributed by atoms with Crippen LogP contribution in [0.1, 0.15) is 37.9 Å². The lowest BCUT2D eigenvalue weighted by molar-refractivity contribution is -0.119. The van der Waals surface area contributed by atoms with Crippen molar-refractivity contribution in [3.8, 4) is 6.07 Å². The highest BCUT2D eigenvalue weighted by Crippen LogP contribution is 2.29. The molecule has 1 amide bonds. The molecule has 1 N–H and O–H groups in total. The number of rotatable bonds is 6. The Hall–Kier alpha value is -1.60. The van der Waals surface area contributed by atoms with Crippen molar-refractivity contribution in [3.05, 3.63) is 5.82 Å². The number of nitrogens with zero attached hydrogens (tertiary/aromatic N) is 4. The third kappa shape index (κ3) is 4.38. The molecule has 1 aromatic rings. The van der Waals surface area contributed by atoms with Crippen molar-refractivity contribution in [2.45, 2.75) is 49.2 Å². The molecule has 10 heteroatoms. The van der Waals surface area contributed by atoms with Crippen LogP contribution in [0.25, 0.3) is 0 Å². The predicted octanol–water partition coefficient (Wildman–Crippen LogP) is 0.837. The number of sulfone groups is 1. The number of hydrogen-bond donors (Lipinski definition) is 1. The van der Waals surface area contributed by atoms with Crippen molar-refractivity contribution in [2.75, 3.05) is 17.3 Å². The maximum Gasteiger partial charge on any atom is 0.231 e. The summed E-state index contributed by atoms with van der Waals surface area (Å²) in [6, 6.07) is 2.25. The minimum atomic E-state index is -2.90. The molecule has 0 spiro atoms. The molecule has 0 unspecified atom stereocenters. The Morgan fingerprint density at radius 1 is 1.42 bits per heavy atom. The summed E-state index contributed by atoms with van der Waals surface area (Å²) in [5.74, 6) is 1.28. The van der Waals surface area contributed by atoms with Gasteiger partial charge < -0.3 is 9.88 Å². The van der Waals surface area contributed by atoms with Crippen molar-refractivity contribution in [2.24, 2.45) is 13.0 Å². The Morgan fingerprint density at radius 3 is 2.77 bits per heavy atom. The standard InChI is InChI=1S/C16H23N5O3S2/c1-21-13(8-12-4-7-26(23,24)10-12)19-20-15(21)25-9-14(22)18-16(11-17)5-2-3-6-16/h12H,2-10H2,1H3,(H,18,22)/t12-/m1/s1. The van der Waals surface area contributed by atoms with E-state index in [1.165, 1.54) is 11.8 Å². The van der Waals surface area contributed by atoms with Crippen molar-refractivity contribution >= 4 is 27.5 Å². The second kappa shape index (κ2) is 7.56. The molecule has 3 rings (SSSR count). The molecular formula is C16H23N5O3S2. The Morgan fingerprint density at radius 2 is 2.15 bits per heavy atom. The largest absolute Gasteiger partial charge is 0.337 e. The molecule has 142 valence electrons. The van der Waals surface area contributed by atoms with Gasteiger partial charge in [0.05, 0.1) is 23.3 Å². The molecule has 8 nitrogen and oxygen atoms in total. The van der Waals surface area contributed by atoms with Gasteiger partial charge in [0.15, 0.2) is 15.0 Å². The summed E-state index contributed by atoms with van der Waals surface area (Å²) in [7, 11) is -1.08. The Kier molecular flexibility index (Phi) is 5.58. The number of nitrogens with one attached hydrogen (secondary N) is 1. The van der Waals surface area contributed by atoms with E-state index < -0.39 is 15.4 Å². The molecule has 2 aliphatic rings. The Bertz CT molecular complexity index is 821. The number of nitriles is 1. The van der Waals surface area contributed by atoms with Gasteiger partial charge in [0.25, 0.3) is 0 Å². The molecule has 1 atom stereocenters. The van der Waals surface area contributed by atoms with Crippen molar-refractivity contribution < 1.29 is 13.2 Å². The van der Waals surface area contributed by atoms with E-state index in [-0.39, 0.29) is 29.1 Å². The fourth-order valence-electron chi connectivity index (χ4n) is 3.62. The van der Waals surface area contributed by atoms with Crippen LogP contribution in [0.4, 0.5) is 0 Å². The van der Waals surface area contributed by atoms with Crippen molar-refractivity contribution in [3.63, 3.8) is 0 Å². The number of hydrogen-bond acceptors (Lipinski definition) is 7. The summed E-state index contributed by atoms with van der Waals surface area (Å²) in [5.41, 5.74) is -0.712. The van der Waals surface area contributed by atoms with E-state index in [0.29, 0.717) is 30.8 Å². The normalized spacial score (nSPS) is 23.6. The molecule has 1 aliphatic carbocycles. The smallest absolute Gasteiger partial charge is 0.231 e. The topological polar surface area (TPSA) is 118 Å². The molecule has 1 saturated carbocycles. The first-order valence-corrected chi connectivity index (χ1v) is 11.6. The van der Waals surface area contributed by atoms with Gasteiger partial charge in [-0.15, -0.1) is 10.2 Å². The van der Waals surface area contributed by atoms with Gasteiger partial charge in [0.2, 0.25) is 5.91 Å². The summed E-state index contributed by atoms with van der Waals surface area (Å²) >= 11 is 1.28. The Balaban J connectivity index is 1.54. The van der Waals surface area contributed by atoms with Gasteiger partial charge >= 0.3 is 0 Å². The maximum absolute atomic E-state index is 12.2. The van der Waals surface area contributed by atoms with Crippen LogP contribution in [0.5, 0.6) is 0 Å². The highest BCUT2D eigenvalue weighted by atomic mass is 32.2. The van der Waals surface area contributed by atoms with E-state index in [1.807, 2.05) is 11.6 Å². The molecule has 0 bridgehead atoms. The first-order valence-electron chi connectivity index (χ1n) is 8.76. The van der Waals surface area contributed by atoms with Gasteiger partial charge in [-0.3, -0.25) is 4.79 Å². The zero-order valence-electron chi connectivity index (χ0n) is 14.8. The van der Waals surface area contributed by atoms with Crippen LogP contribution in [-0.4, -0.2) is 51.9 Å². The number of aromatic nitrogens is 3. The van der Waals surface area contributed by atoms with E-state index in [2.05, 4.69) is 21.6 Å². The van der Waals surface area contributed by atoms with Crippen molar-refractivity contribution in [1.29, 1.82) is 5.26 Å². The molecule has 0 aromatic carbocycles. The predicted molar refractivity (Wildman–Crippen MR) is 97.1 cm³/mol. The number of amides is 1. The summed E-state index contributed by atoms with van der Waals surface area (Å²) < 4.78 is 25.0. The molecule has 1 saturated heterocycles. The lowest BCUT2D eigenvalue weighted by Crippen LogP contribution is -2.45. The van der Waals surface area contributed by atoms with Crippen LogP contribution in [-0.2, 0) is 28.1 Å². The molecule has 2 heterocycles. The zero-order chi connectivity index (χ0) is 18.8. The number of carbonyl (C=O) groups is 1. The summed E-state index contributed by atoms with van der Waals surface area (Å²) in [4.78, 5) is 12.2. The monoisotopic (exact) mass is 397 g/mol. The fourth-order valence-corrected chi connectivity index (χ4v) is 6.21. The van der Waals surface area contributed by atoms with Crippen LogP contribution in [0.3, 0.4) is 0 Å². The van der Waals surface area contributed by atoms with E-state index in [0.717, 1.165) is 18.7 Å². The van der Waals surface area contributed by atoms with Gasteiger partial charge in [-0.2, -0.15) is 5.26 Å². The molecule has 2 fully saturated rings. The summed E-state index contributed by atoms with van der Waals surface area (Å²) in [5, 5.41) is 21.1. The highest BCUT2D eigenvalue weighted by molar-refractivity contribution is 7.99. The summed E-state index contributed by atoms with van der Waals surface area (Å²) in [6.45, 7) is 0. The van der Waals surface area contributed by atoms with E-state index in [9.17, 15) is 18.5 Å². The first-order chi connectivity index (χ1) is 12.3. The lowest BCUT2D eigenvalue weighted by Gasteiger charge is -2.21. The lowest BCUT2D eigenvalue weighted by atomic mass is 10.0. The first kappa shape index (κ1) is 19.2. The van der Waals surface area contributed by atoms with E-state index in [4.69, 9.17) is 0 Å². The highest BCUT2D eigenvalue weighted by Gasteiger charge is 2.35. The van der Waals surface area contributed by atoms with E-state index in [1.54, 1.807) is 0 Å². The molecule has 0 radical (unpaired) electrons. The second-order valence-corrected chi connectivity index (χ2v) is 10.3. The van der Waals surface area contributed by atoms with E-state index >= 15 is 0 Å². The quantitative estimate of drug-likeness (QED) is 0.707.